The third kappa shape index (κ3) is 5.68. The SMILES string of the molecule is Cc1nc(N)c(Cl)cc1CNC(=O)c1ccnc(Cc2ccc(Cn3ccccc3=O)cc2)c1. The molecule has 0 fully saturated rings. The summed E-state index contributed by atoms with van der Waals surface area (Å²) in [5, 5.41) is 3.26. The van der Waals surface area contributed by atoms with Crippen LogP contribution in [-0.4, -0.2) is 20.4 Å². The number of nitrogen functional groups attached to an aromatic ring is 1. The Morgan fingerprint density at radius 1 is 1.09 bits per heavy atom. The van der Waals surface area contributed by atoms with Gasteiger partial charge in [-0.25, -0.2) is 4.98 Å². The molecule has 0 radical (unpaired) electrons. The van der Waals surface area contributed by atoms with Gasteiger partial charge in [0.1, 0.15) is 5.82 Å². The fourth-order valence-electron chi connectivity index (χ4n) is 3.57. The summed E-state index contributed by atoms with van der Waals surface area (Å²) in [5.74, 6) is 0.0645. The molecule has 34 heavy (non-hydrogen) atoms. The molecule has 0 saturated carbocycles. The van der Waals surface area contributed by atoms with Gasteiger partial charge in [-0.3, -0.25) is 14.6 Å². The smallest absolute Gasteiger partial charge is 0.251 e. The lowest BCUT2D eigenvalue weighted by molar-refractivity contribution is 0.0950. The van der Waals surface area contributed by atoms with Gasteiger partial charge >= 0.3 is 0 Å². The molecule has 0 aliphatic heterocycles. The van der Waals surface area contributed by atoms with Crippen molar-refractivity contribution < 1.29 is 4.79 Å². The summed E-state index contributed by atoms with van der Waals surface area (Å²) in [6, 6.07) is 18.3. The number of carbonyl (C=O) groups is 1. The third-order valence-corrected chi connectivity index (χ3v) is 5.78. The number of nitrogens with one attached hydrogen (secondary N) is 1. The molecule has 0 bridgehead atoms. The molecule has 0 spiro atoms. The minimum atomic E-state index is -0.209. The van der Waals surface area contributed by atoms with Crippen LogP contribution in [0.15, 0.2) is 77.9 Å². The monoisotopic (exact) mass is 473 g/mol. The molecule has 1 aromatic carbocycles. The van der Waals surface area contributed by atoms with Gasteiger partial charge in [0.05, 0.1) is 11.6 Å². The zero-order valence-corrected chi connectivity index (χ0v) is 19.4. The summed E-state index contributed by atoms with van der Waals surface area (Å²) in [4.78, 5) is 33.2. The van der Waals surface area contributed by atoms with E-state index in [1.54, 1.807) is 47.3 Å². The number of rotatable bonds is 7. The molecule has 0 aliphatic carbocycles. The Morgan fingerprint density at radius 3 is 2.62 bits per heavy atom. The fourth-order valence-corrected chi connectivity index (χ4v) is 3.74. The Kier molecular flexibility index (Phi) is 7.04. The van der Waals surface area contributed by atoms with Crippen LogP contribution in [0.25, 0.3) is 0 Å². The Hall–Kier alpha value is -3.97. The van der Waals surface area contributed by atoms with Gasteiger partial charge in [0.2, 0.25) is 0 Å². The lowest BCUT2D eigenvalue weighted by Gasteiger charge is -2.10. The molecular weight excluding hydrogens is 450 g/mol. The topological polar surface area (TPSA) is 103 Å². The lowest BCUT2D eigenvalue weighted by atomic mass is 10.1. The Morgan fingerprint density at radius 2 is 1.85 bits per heavy atom. The van der Waals surface area contributed by atoms with E-state index in [9.17, 15) is 9.59 Å². The molecule has 8 heteroatoms. The largest absolute Gasteiger partial charge is 0.382 e. The molecule has 3 aromatic heterocycles. The van der Waals surface area contributed by atoms with E-state index < -0.39 is 0 Å². The van der Waals surface area contributed by atoms with Crippen molar-refractivity contribution in [3.63, 3.8) is 0 Å². The van der Waals surface area contributed by atoms with E-state index in [-0.39, 0.29) is 17.3 Å². The molecule has 172 valence electrons. The number of aromatic nitrogens is 3. The average Bonchev–Trinajstić information content (AvgIpc) is 2.83. The van der Waals surface area contributed by atoms with Crippen molar-refractivity contribution in [2.75, 3.05) is 5.73 Å². The number of hydrogen-bond donors (Lipinski definition) is 2. The summed E-state index contributed by atoms with van der Waals surface area (Å²) in [6.07, 6.45) is 3.99. The van der Waals surface area contributed by atoms with Crippen LogP contribution in [-0.2, 0) is 19.5 Å². The predicted molar refractivity (Wildman–Crippen MR) is 133 cm³/mol. The summed E-state index contributed by atoms with van der Waals surface area (Å²) < 4.78 is 1.66. The maximum absolute atomic E-state index is 12.7. The van der Waals surface area contributed by atoms with Gasteiger partial charge in [-0.2, -0.15) is 0 Å². The highest BCUT2D eigenvalue weighted by Gasteiger charge is 2.10. The minimum Gasteiger partial charge on any atom is -0.382 e. The second-order valence-corrected chi connectivity index (χ2v) is 8.39. The van der Waals surface area contributed by atoms with Crippen LogP contribution in [0.1, 0.15) is 38.4 Å². The fraction of sp³-hybridized carbons (Fsp3) is 0.154. The number of nitrogens with zero attached hydrogens (tertiary/aromatic N) is 3. The van der Waals surface area contributed by atoms with Crippen LogP contribution in [0, 0.1) is 6.92 Å². The second kappa shape index (κ2) is 10.3. The number of aryl methyl sites for hydroxylation is 1. The molecule has 0 aliphatic rings. The van der Waals surface area contributed by atoms with E-state index in [2.05, 4.69) is 15.3 Å². The molecule has 0 saturated heterocycles. The van der Waals surface area contributed by atoms with Crippen molar-refractivity contribution >= 4 is 23.3 Å². The number of nitrogens with two attached hydrogens (primary N) is 1. The van der Waals surface area contributed by atoms with Crippen molar-refractivity contribution in [2.24, 2.45) is 0 Å². The van der Waals surface area contributed by atoms with Crippen molar-refractivity contribution in [1.29, 1.82) is 0 Å². The normalized spacial score (nSPS) is 10.8. The Bertz CT molecular complexity index is 1380. The zero-order valence-electron chi connectivity index (χ0n) is 18.7. The molecule has 0 atom stereocenters. The van der Waals surface area contributed by atoms with Crippen molar-refractivity contribution in [2.45, 2.75) is 26.4 Å². The number of benzene rings is 1. The van der Waals surface area contributed by atoms with Crippen LogP contribution in [0.3, 0.4) is 0 Å². The highest BCUT2D eigenvalue weighted by molar-refractivity contribution is 6.32. The van der Waals surface area contributed by atoms with Crippen LogP contribution in [0.5, 0.6) is 0 Å². The number of amides is 1. The number of hydrogen-bond acceptors (Lipinski definition) is 5. The standard InChI is InChI=1S/C26H24ClN5O2/c1-17-21(14-23(27)25(28)31-17)15-30-26(34)20-9-10-29-22(13-20)12-18-5-7-19(8-6-18)16-32-11-3-2-4-24(32)33/h2-11,13-14H,12,15-16H2,1H3,(H2,28,31)(H,30,34). The molecule has 0 unspecified atom stereocenters. The van der Waals surface area contributed by atoms with E-state index in [1.165, 1.54) is 0 Å². The summed E-state index contributed by atoms with van der Waals surface area (Å²) >= 11 is 6.05. The highest BCUT2D eigenvalue weighted by Crippen LogP contribution is 2.20. The lowest BCUT2D eigenvalue weighted by Crippen LogP contribution is -2.23. The summed E-state index contributed by atoms with van der Waals surface area (Å²) in [5.41, 5.74) is 10.6. The van der Waals surface area contributed by atoms with E-state index in [0.717, 1.165) is 28.1 Å². The van der Waals surface area contributed by atoms with Gasteiger partial charge in [-0.1, -0.05) is 41.9 Å². The zero-order chi connectivity index (χ0) is 24.1. The first-order valence-corrected chi connectivity index (χ1v) is 11.1. The average molecular weight is 474 g/mol. The molecule has 4 rings (SSSR count). The van der Waals surface area contributed by atoms with Crippen LogP contribution in [0.2, 0.25) is 5.02 Å². The second-order valence-electron chi connectivity index (χ2n) is 7.98. The maximum atomic E-state index is 12.7. The predicted octanol–water partition coefficient (Wildman–Crippen LogP) is 3.75. The van der Waals surface area contributed by atoms with Crippen molar-refractivity contribution in [1.82, 2.24) is 19.9 Å². The van der Waals surface area contributed by atoms with Crippen LogP contribution < -0.4 is 16.6 Å². The molecule has 3 heterocycles. The van der Waals surface area contributed by atoms with E-state index in [4.69, 9.17) is 17.3 Å². The molecule has 1 amide bonds. The molecular formula is C26H24ClN5O2. The Labute approximate surface area is 202 Å². The summed E-state index contributed by atoms with van der Waals surface area (Å²) in [7, 11) is 0. The van der Waals surface area contributed by atoms with Gasteiger partial charge in [0.25, 0.3) is 11.5 Å². The van der Waals surface area contributed by atoms with Crippen molar-refractivity contribution in [3.8, 4) is 0 Å². The van der Waals surface area contributed by atoms with Gasteiger partial charge in [-0.15, -0.1) is 0 Å². The minimum absolute atomic E-state index is 0.0308. The third-order valence-electron chi connectivity index (χ3n) is 5.48. The first-order valence-electron chi connectivity index (χ1n) is 10.8. The molecule has 4 aromatic rings. The van der Waals surface area contributed by atoms with Gasteiger partial charge in [0, 0.05) is 48.4 Å². The Balaban J connectivity index is 1.39. The van der Waals surface area contributed by atoms with Gasteiger partial charge < -0.3 is 15.6 Å². The molecule has 3 N–H and O–H groups in total. The van der Waals surface area contributed by atoms with E-state index in [1.807, 2.05) is 37.3 Å². The van der Waals surface area contributed by atoms with Gasteiger partial charge in [0.15, 0.2) is 0 Å². The summed E-state index contributed by atoms with van der Waals surface area (Å²) in [6.45, 7) is 2.63. The highest BCUT2D eigenvalue weighted by atomic mass is 35.5. The van der Waals surface area contributed by atoms with Crippen LogP contribution in [0.4, 0.5) is 5.82 Å². The number of pyridine rings is 3. The number of carbonyl (C=O) groups excluding carboxylic acids is 1. The quantitative estimate of drug-likeness (QED) is 0.425. The van der Waals surface area contributed by atoms with E-state index >= 15 is 0 Å². The van der Waals surface area contributed by atoms with E-state index in [0.29, 0.717) is 30.1 Å². The van der Waals surface area contributed by atoms with Crippen molar-refractivity contribution in [3.05, 3.63) is 122 Å². The van der Waals surface area contributed by atoms with Gasteiger partial charge in [-0.05, 0) is 47.9 Å². The first kappa shape index (κ1) is 23.2. The maximum Gasteiger partial charge on any atom is 0.251 e. The van der Waals surface area contributed by atoms with Crippen LogP contribution >= 0.6 is 11.6 Å². The molecule has 7 nitrogen and oxygen atoms in total. The number of anilines is 1. The first-order chi connectivity index (χ1) is 16.4. The number of halogens is 1.